The van der Waals surface area contributed by atoms with Crippen LogP contribution in [0.2, 0.25) is 0 Å². The zero-order chi connectivity index (χ0) is 12.1. The Morgan fingerprint density at radius 1 is 1.00 bits per heavy atom. The molecule has 2 aliphatic rings. The summed E-state index contributed by atoms with van der Waals surface area (Å²) in [5, 5.41) is 0. The molecule has 0 bridgehead atoms. The first-order valence-electron chi connectivity index (χ1n) is 6.85. The molecule has 0 radical (unpaired) electrons. The Morgan fingerprint density at radius 2 is 1.59 bits per heavy atom. The van der Waals surface area contributed by atoms with Crippen LogP contribution in [0.5, 0.6) is 0 Å². The summed E-state index contributed by atoms with van der Waals surface area (Å²) in [6, 6.07) is 0.873. The second kappa shape index (κ2) is 6.69. The van der Waals surface area contributed by atoms with E-state index in [9.17, 15) is 0 Å². The summed E-state index contributed by atoms with van der Waals surface area (Å²) >= 11 is 0. The molecule has 4 nitrogen and oxygen atoms in total. The second-order valence-electron chi connectivity index (χ2n) is 5.18. The van der Waals surface area contributed by atoms with Gasteiger partial charge < -0.3 is 9.47 Å². The number of rotatable bonds is 5. The molecule has 0 atom stereocenters. The first kappa shape index (κ1) is 13.3. The Balaban J connectivity index is 1.70. The summed E-state index contributed by atoms with van der Waals surface area (Å²) < 4.78 is 10.5. The molecule has 0 unspecified atom stereocenters. The average Bonchev–Trinajstić information content (AvgIpc) is 2.90. The number of piperazine rings is 1. The lowest BCUT2D eigenvalue weighted by molar-refractivity contribution is -0.120. The molecule has 0 aromatic heterocycles. The molecular formula is C13H26N2O2. The fraction of sp³-hybridized carbons (Fsp3) is 1.00. The molecule has 0 spiro atoms. The van der Waals surface area contributed by atoms with E-state index in [1.807, 2.05) is 0 Å². The molecule has 17 heavy (non-hydrogen) atoms. The van der Waals surface area contributed by atoms with Crippen molar-refractivity contribution >= 4 is 0 Å². The van der Waals surface area contributed by atoms with E-state index in [-0.39, 0.29) is 6.29 Å². The molecule has 1 aliphatic carbocycles. The molecule has 0 aromatic carbocycles. The van der Waals surface area contributed by atoms with Crippen molar-refractivity contribution in [1.29, 1.82) is 0 Å². The van der Waals surface area contributed by atoms with Gasteiger partial charge in [0.25, 0.3) is 0 Å². The number of methoxy groups -OCH3 is 2. The Morgan fingerprint density at radius 3 is 2.12 bits per heavy atom. The Bertz CT molecular complexity index is 207. The standard InChI is InChI=1S/C13H26N2O2/c1-16-13(17-2)11-14-7-9-15(10-8-14)12-5-3-4-6-12/h12-13H,3-11H2,1-2H3. The molecule has 0 amide bonds. The van der Waals surface area contributed by atoms with Crippen LogP contribution in [-0.4, -0.2) is 69.1 Å². The third kappa shape index (κ3) is 3.65. The summed E-state index contributed by atoms with van der Waals surface area (Å²) in [6.07, 6.45) is 5.62. The summed E-state index contributed by atoms with van der Waals surface area (Å²) in [5.41, 5.74) is 0. The van der Waals surface area contributed by atoms with Gasteiger partial charge in [0.1, 0.15) is 0 Å². The molecule has 1 aliphatic heterocycles. The highest BCUT2D eigenvalue weighted by Gasteiger charge is 2.26. The van der Waals surface area contributed by atoms with Crippen molar-refractivity contribution in [1.82, 2.24) is 9.80 Å². The molecule has 2 fully saturated rings. The van der Waals surface area contributed by atoms with Gasteiger partial charge in [-0.2, -0.15) is 0 Å². The number of nitrogens with zero attached hydrogens (tertiary/aromatic N) is 2. The summed E-state index contributed by atoms with van der Waals surface area (Å²) in [4.78, 5) is 5.13. The number of hydrogen-bond acceptors (Lipinski definition) is 4. The van der Waals surface area contributed by atoms with Gasteiger partial charge in [-0.3, -0.25) is 9.80 Å². The minimum absolute atomic E-state index is 0.0759. The molecule has 2 rings (SSSR count). The smallest absolute Gasteiger partial charge is 0.169 e. The second-order valence-corrected chi connectivity index (χ2v) is 5.18. The van der Waals surface area contributed by atoms with Gasteiger partial charge in [0, 0.05) is 53.0 Å². The minimum atomic E-state index is -0.0759. The van der Waals surface area contributed by atoms with Gasteiger partial charge >= 0.3 is 0 Å². The summed E-state index contributed by atoms with van der Waals surface area (Å²) in [5.74, 6) is 0. The van der Waals surface area contributed by atoms with Crippen LogP contribution in [-0.2, 0) is 9.47 Å². The SMILES string of the molecule is COC(CN1CCN(C2CCCC2)CC1)OC. The number of ether oxygens (including phenoxy) is 2. The molecular weight excluding hydrogens is 216 g/mol. The quantitative estimate of drug-likeness (QED) is 0.676. The molecule has 100 valence electrons. The molecule has 4 heteroatoms. The average molecular weight is 242 g/mol. The maximum absolute atomic E-state index is 5.25. The normalized spacial score (nSPS) is 24.9. The number of hydrogen-bond donors (Lipinski definition) is 0. The van der Waals surface area contributed by atoms with Crippen LogP contribution in [0.15, 0.2) is 0 Å². The Kier molecular flexibility index (Phi) is 5.22. The van der Waals surface area contributed by atoms with Crippen molar-refractivity contribution in [3.05, 3.63) is 0 Å². The highest BCUT2D eigenvalue weighted by atomic mass is 16.7. The van der Waals surface area contributed by atoms with Crippen LogP contribution < -0.4 is 0 Å². The molecule has 0 N–H and O–H groups in total. The predicted octanol–water partition coefficient (Wildman–Crippen LogP) is 1.17. The molecule has 1 saturated carbocycles. The van der Waals surface area contributed by atoms with E-state index in [4.69, 9.17) is 9.47 Å². The third-order valence-corrected chi connectivity index (χ3v) is 4.18. The van der Waals surface area contributed by atoms with Gasteiger partial charge in [-0.05, 0) is 12.8 Å². The van der Waals surface area contributed by atoms with E-state index in [1.165, 1.54) is 38.8 Å². The Hall–Kier alpha value is -0.160. The molecule has 1 saturated heterocycles. The van der Waals surface area contributed by atoms with Crippen LogP contribution >= 0.6 is 0 Å². The largest absolute Gasteiger partial charge is 0.355 e. The third-order valence-electron chi connectivity index (χ3n) is 4.18. The van der Waals surface area contributed by atoms with Gasteiger partial charge in [0.05, 0.1) is 0 Å². The van der Waals surface area contributed by atoms with Crippen molar-refractivity contribution in [2.24, 2.45) is 0 Å². The first-order chi connectivity index (χ1) is 8.33. The van der Waals surface area contributed by atoms with E-state index >= 15 is 0 Å². The lowest BCUT2D eigenvalue weighted by atomic mass is 10.2. The van der Waals surface area contributed by atoms with Crippen molar-refractivity contribution in [2.75, 3.05) is 46.9 Å². The van der Waals surface area contributed by atoms with Crippen molar-refractivity contribution in [3.8, 4) is 0 Å². The highest BCUT2D eigenvalue weighted by Crippen LogP contribution is 2.24. The Labute approximate surface area is 105 Å². The van der Waals surface area contributed by atoms with Crippen LogP contribution in [0.4, 0.5) is 0 Å². The lowest BCUT2D eigenvalue weighted by Gasteiger charge is -2.38. The van der Waals surface area contributed by atoms with Gasteiger partial charge in [-0.15, -0.1) is 0 Å². The topological polar surface area (TPSA) is 24.9 Å². The van der Waals surface area contributed by atoms with Crippen LogP contribution in [0.3, 0.4) is 0 Å². The molecule has 1 heterocycles. The maximum atomic E-state index is 5.25. The van der Waals surface area contributed by atoms with Crippen LogP contribution in [0.1, 0.15) is 25.7 Å². The van der Waals surface area contributed by atoms with Crippen molar-refractivity contribution in [3.63, 3.8) is 0 Å². The van der Waals surface area contributed by atoms with E-state index < -0.39 is 0 Å². The van der Waals surface area contributed by atoms with E-state index in [0.717, 1.165) is 25.7 Å². The van der Waals surface area contributed by atoms with E-state index in [1.54, 1.807) is 14.2 Å². The highest BCUT2D eigenvalue weighted by molar-refractivity contribution is 4.82. The van der Waals surface area contributed by atoms with Gasteiger partial charge in [0.15, 0.2) is 6.29 Å². The molecule has 0 aromatic rings. The zero-order valence-electron chi connectivity index (χ0n) is 11.2. The van der Waals surface area contributed by atoms with Crippen molar-refractivity contribution < 1.29 is 9.47 Å². The summed E-state index contributed by atoms with van der Waals surface area (Å²) in [6.45, 7) is 5.63. The van der Waals surface area contributed by atoms with Crippen LogP contribution in [0, 0.1) is 0 Å². The van der Waals surface area contributed by atoms with Gasteiger partial charge in [-0.1, -0.05) is 12.8 Å². The van der Waals surface area contributed by atoms with Crippen LogP contribution in [0.25, 0.3) is 0 Å². The van der Waals surface area contributed by atoms with E-state index in [2.05, 4.69) is 9.80 Å². The predicted molar refractivity (Wildman–Crippen MR) is 68.1 cm³/mol. The minimum Gasteiger partial charge on any atom is -0.355 e. The fourth-order valence-electron chi connectivity index (χ4n) is 3.04. The lowest BCUT2D eigenvalue weighted by Crippen LogP contribution is -2.51. The van der Waals surface area contributed by atoms with E-state index in [0.29, 0.717) is 0 Å². The summed E-state index contributed by atoms with van der Waals surface area (Å²) in [7, 11) is 3.42. The van der Waals surface area contributed by atoms with Gasteiger partial charge in [0.2, 0.25) is 0 Å². The first-order valence-corrected chi connectivity index (χ1v) is 6.85. The zero-order valence-corrected chi connectivity index (χ0v) is 11.2. The maximum Gasteiger partial charge on any atom is 0.169 e. The van der Waals surface area contributed by atoms with Gasteiger partial charge in [-0.25, -0.2) is 0 Å². The fourth-order valence-corrected chi connectivity index (χ4v) is 3.04. The van der Waals surface area contributed by atoms with Crippen molar-refractivity contribution in [2.45, 2.75) is 38.0 Å². The monoisotopic (exact) mass is 242 g/mol.